The van der Waals surface area contributed by atoms with Crippen molar-refractivity contribution < 1.29 is 4.79 Å². The van der Waals surface area contributed by atoms with Gasteiger partial charge in [-0.15, -0.1) is 0 Å². The summed E-state index contributed by atoms with van der Waals surface area (Å²) in [6.07, 6.45) is 4.56. The highest BCUT2D eigenvalue weighted by molar-refractivity contribution is 5.98. The first kappa shape index (κ1) is 12.4. The van der Waals surface area contributed by atoms with Crippen LogP contribution in [0, 0.1) is 17.8 Å². The van der Waals surface area contributed by atoms with Crippen molar-refractivity contribution in [2.24, 2.45) is 23.5 Å². The van der Waals surface area contributed by atoms with Crippen LogP contribution in [0.4, 0.5) is 5.69 Å². The van der Waals surface area contributed by atoms with Gasteiger partial charge in [0.15, 0.2) is 0 Å². The molecule has 106 valence electrons. The number of anilines is 1. The van der Waals surface area contributed by atoms with E-state index in [2.05, 4.69) is 25.1 Å². The van der Waals surface area contributed by atoms with Crippen LogP contribution in [0.5, 0.6) is 0 Å². The summed E-state index contributed by atoms with van der Waals surface area (Å²) < 4.78 is 0. The van der Waals surface area contributed by atoms with Crippen LogP contribution in [0.1, 0.15) is 31.7 Å². The zero-order chi connectivity index (χ0) is 13.9. The van der Waals surface area contributed by atoms with Crippen molar-refractivity contribution in [1.82, 2.24) is 0 Å². The van der Waals surface area contributed by atoms with Crippen molar-refractivity contribution in [3.05, 3.63) is 29.8 Å². The van der Waals surface area contributed by atoms with Crippen LogP contribution in [0.25, 0.3) is 0 Å². The summed E-state index contributed by atoms with van der Waals surface area (Å²) in [7, 11) is 0. The molecule has 3 nitrogen and oxygen atoms in total. The van der Waals surface area contributed by atoms with Crippen molar-refractivity contribution >= 4 is 11.6 Å². The number of fused-ring (bicyclic) bond motifs is 3. The number of benzene rings is 1. The summed E-state index contributed by atoms with van der Waals surface area (Å²) >= 11 is 0. The largest absolute Gasteiger partial charge is 0.327 e. The smallest absolute Gasteiger partial charge is 0.232 e. The molecule has 0 radical (unpaired) electrons. The van der Waals surface area contributed by atoms with Gasteiger partial charge in [0.25, 0.3) is 0 Å². The summed E-state index contributed by atoms with van der Waals surface area (Å²) in [5.41, 5.74) is 8.76. The van der Waals surface area contributed by atoms with E-state index in [-0.39, 0.29) is 23.9 Å². The minimum absolute atomic E-state index is 0.0577. The van der Waals surface area contributed by atoms with E-state index in [1.807, 2.05) is 11.0 Å². The van der Waals surface area contributed by atoms with Crippen molar-refractivity contribution in [1.29, 1.82) is 0 Å². The Morgan fingerprint density at radius 1 is 1.25 bits per heavy atom. The van der Waals surface area contributed by atoms with E-state index in [0.717, 1.165) is 12.1 Å². The fraction of sp³-hybridized carbons (Fsp3) is 0.588. The molecule has 1 aromatic rings. The Labute approximate surface area is 120 Å². The molecule has 20 heavy (non-hydrogen) atoms. The molecule has 2 bridgehead atoms. The first-order valence-electron chi connectivity index (χ1n) is 7.83. The van der Waals surface area contributed by atoms with Crippen LogP contribution in [0.2, 0.25) is 0 Å². The molecular formula is C17H22N2O. The van der Waals surface area contributed by atoms with Crippen molar-refractivity contribution in [2.75, 3.05) is 4.90 Å². The van der Waals surface area contributed by atoms with Gasteiger partial charge in [0, 0.05) is 17.8 Å². The molecule has 5 unspecified atom stereocenters. The van der Waals surface area contributed by atoms with Crippen molar-refractivity contribution in [2.45, 2.75) is 44.7 Å². The molecule has 1 amide bonds. The molecule has 2 saturated carbocycles. The molecule has 3 heteroatoms. The predicted octanol–water partition coefficient (Wildman–Crippen LogP) is 2.34. The molecule has 2 N–H and O–H groups in total. The summed E-state index contributed by atoms with van der Waals surface area (Å²) in [6, 6.07) is 8.66. The fourth-order valence-corrected chi connectivity index (χ4v) is 4.76. The molecule has 2 aliphatic carbocycles. The Morgan fingerprint density at radius 3 is 2.75 bits per heavy atom. The topological polar surface area (TPSA) is 46.3 Å². The maximum Gasteiger partial charge on any atom is 0.232 e. The lowest BCUT2D eigenvalue weighted by atomic mass is 9.84. The number of para-hydroxylation sites is 1. The summed E-state index contributed by atoms with van der Waals surface area (Å²) in [5.74, 6) is 1.45. The van der Waals surface area contributed by atoms with Gasteiger partial charge in [0.2, 0.25) is 5.91 Å². The Kier molecular flexibility index (Phi) is 2.68. The molecule has 2 fully saturated rings. The van der Waals surface area contributed by atoms with Gasteiger partial charge < -0.3 is 10.6 Å². The van der Waals surface area contributed by atoms with Crippen LogP contribution in [0.3, 0.4) is 0 Å². The van der Waals surface area contributed by atoms with Gasteiger partial charge in [-0.2, -0.15) is 0 Å². The molecule has 4 rings (SSSR count). The van der Waals surface area contributed by atoms with Crippen LogP contribution < -0.4 is 10.6 Å². The minimum Gasteiger partial charge on any atom is -0.327 e. The zero-order valence-corrected chi connectivity index (χ0v) is 12.0. The normalized spacial score (nSPS) is 38.3. The van der Waals surface area contributed by atoms with Gasteiger partial charge in [-0.3, -0.25) is 4.79 Å². The number of rotatable bonds is 1. The molecule has 1 heterocycles. The Bertz CT molecular complexity index is 554. The predicted molar refractivity (Wildman–Crippen MR) is 79.4 cm³/mol. The Balaban J connectivity index is 1.66. The van der Waals surface area contributed by atoms with Gasteiger partial charge >= 0.3 is 0 Å². The van der Waals surface area contributed by atoms with E-state index < -0.39 is 0 Å². The number of nitrogens with two attached hydrogens (primary N) is 1. The molecule has 3 aliphatic rings. The second kappa shape index (κ2) is 4.32. The maximum absolute atomic E-state index is 13.1. The van der Waals surface area contributed by atoms with Gasteiger partial charge in [-0.25, -0.2) is 0 Å². The quantitative estimate of drug-likeness (QED) is 0.851. The SMILES string of the molecule is CC1Cc2ccccc2N1C(=O)C1C2CCC(C2)C1N. The number of carbonyl (C=O) groups excluding carboxylic acids is 1. The van der Waals surface area contributed by atoms with Crippen molar-refractivity contribution in [3.63, 3.8) is 0 Å². The summed E-state index contributed by atoms with van der Waals surface area (Å²) in [4.78, 5) is 15.1. The Hall–Kier alpha value is -1.35. The van der Waals surface area contributed by atoms with E-state index in [4.69, 9.17) is 5.73 Å². The monoisotopic (exact) mass is 270 g/mol. The average Bonchev–Trinajstić information content (AvgIpc) is 3.09. The maximum atomic E-state index is 13.1. The van der Waals surface area contributed by atoms with E-state index >= 15 is 0 Å². The minimum atomic E-state index is 0.0577. The first-order valence-corrected chi connectivity index (χ1v) is 7.83. The van der Waals surface area contributed by atoms with Crippen molar-refractivity contribution in [3.8, 4) is 0 Å². The van der Waals surface area contributed by atoms with Gasteiger partial charge in [0.05, 0.1) is 5.92 Å². The molecule has 1 aromatic carbocycles. The number of nitrogens with zero attached hydrogens (tertiary/aromatic N) is 1. The van der Waals surface area contributed by atoms with E-state index in [1.54, 1.807) is 0 Å². The third kappa shape index (κ3) is 1.59. The third-order valence-electron chi connectivity index (χ3n) is 5.71. The van der Waals surface area contributed by atoms with E-state index in [0.29, 0.717) is 11.8 Å². The fourth-order valence-electron chi connectivity index (χ4n) is 4.76. The molecule has 0 aromatic heterocycles. The molecule has 5 atom stereocenters. The summed E-state index contributed by atoms with van der Waals surface area (Å²) in [5, 5.41) is 0. The van der Waals surface area contributed by atoms with Gasteiger partial charge in [0.1, 0.15) is 0 Å². The van der Waals surface area contributed by atoms with Crippen LogP contribution >= 0.6 is 0 Å². The number of carbonyl (C=O) groups is 1. The third-order valence-corrected chi connectivity index (χ3v) is 5.71. The first-order chi connectivity index (χ1) is 9.66. The molecule has 0 saturated heterocycles. The van der Waals surface area contributed by atoms with E-state index in [9.17, 15) is 4.79 Å². The van der Waals surface area contributed by atoms with Crippen LogP contribution in [0.15, 0.2) is 24.3 Å². The molecule has 0 spiro atoms. The van der Waals surface area contributed by atoms with Crippen LogP contribution in [-0.4, -0.2) is 18.0 Å². The van der Waals surface area contributed by atoms with Crippen LogP contribution in [-0.2, 0) is 11.2 Å². The van der Waals surface area contributed by atoms with Gasteiger partial charge in [-0.1, -0.05) is 18.2 Å². The zero-order valence-electron chi connectivity index (χ0n) is 12.0. The lowest BCUT2D eigenvalue weighted by Gasteiger charge is -2.33. The number of hydrogen-bond donors (Lipinski definition) is 1. The highest BCUT2D eigenvalue weighted by Crippen LogP contribution is 2.49. The number of hydrogen-bond acceptors (Lipinski definition) is 2. The van der Waals surface area contributed by atoms with Gasteiger partial charge in [-0.05, 0) is 56.1 Å². The summed E-state index contributed by atoms with van der Waals surface area (Å²) in [6.45, 7) is 2.15. The second-order valence-electron chi connectivity index (χ2n) is 6.83. The number of amides is 1. The standard InChI is InChI=1S/C17H22N2O/c1-10-8-11-4-2-3-5-14(11)19(10)17(20)15-12-6-7-13(9-12)16(15)18/h2-5,10,12-13,15-16H,6-9,18H2,1H3. The Morgan fingerprint density at radius 2 is 2.00 bits per heavy atom. The molecular weight excluding hydrogens is 248 g/mol. The van der Waals surface area contributed by atoms with E-state index in [1.165, 1.54) is 24.8 Å². The second-order valence-corrected chi connectivity index (χ2v) is 6.83. The highest BCUT2D eigenvalue weighted by Gasteiger charge is 2.51. The lowest BCUT2D eigenvalue weighted by Crippen LogP contribution is -2.48. The highest BCUT2D eigenvalue weighted by atomic mass is 16.2. The lowest BCUT2D eigenvalue weighted by molar-refractivity contribution is -0.124. The molecule has 1 aliphatic heterocycles. The average molecular weight is 270 g/mol.